The molecule has 1 aromatic carbocycles. The number of nitrogens with zero attached hydrogens (tertiary/aromatic N) is 1. The van der Waals surface area contributed by atoms with Gasteiger partial charge in [-0.3, -0.25) is 14.6 Å². The van der Waals surface area contributed by atoms with E-state index in [4.69, 9.17) is 5.73 Å². The van der Waals surface area contributed by atoms with E-state index in [0.717, 1.165) is 24.3 Å². The van der Waals surface area contributed by atoms with Gasteiger partial charge in [0.05, 0.1) is 5.56 Å². The number of nitrogens with two attached hydrogens (primary N) is 1. The van der Waals surface area contributed by atoms with Crippen LogP contribution in [0.2, 0.25) is 0 Å². The van der Waals surface area contributed by atoms with Crippen molar-refractivity contribution in [3.63, 3.8) is 0 Å². The van der Waals surface area contributed by atoms with Crippen LogP contribution < -0.4 is 16.6 Å². The number of aromatic amines is 1. The van der Waals surface area contributed by atoms with Gasteiger partial charge in [0.15, 0.2) is 11.0 Å². The summed E-state index contributed by atoms with van der Waals surface area (Å²) in [6.45, 7) is 3.81. The molecular weight excluding hydrogens is 357 g/mol. The van der Waals surface area contributed by atoms with Gasteiger partial charge < -0.3 is 11.1 Å². The molecule has 2 aromatic rings. The predicted molar refractivity (Wildman–Crippen MR) is 89.7 cm³/mol. The number of nitrogen functional groups attached to an aromatic ring is 1. The van der Waals surface area contributed by atoms with Crippen molar-refractivity contribution in [2.24, 2.45) is 0 Å². The highest BCUT2D eigenvalue weighted by atomic mass is 32.2. The van der Waals surface area contributed by atoms with Crippen LogP contribution in [0.25, 0.3) is 0 Å². The number of alkyl halides is 3. The molecule has 1 amide bonds. The Morgan fingerprint density at radius 1 is 1.28 bits per heavy atom. The van der Waals surface area contributed by atoms with Gasteiger partial charge in [-0.05, 0) is 24.3 Å². The lowest BCUT2D eigenvalue weighted by Crippen LogP contribution is -2.23. The van der Waals surface area contributed by atoms with Gasteiger partial charge in [0.25, 0.3) is 11.5 Å². The topological polar surface area (TPSA) is 101 Å². The van der Waals surface area contributed by atoms with Gasteiger partial charge in [-0.2, -0.15) is 13.2 Å². The summed E-state index contributed by atoms with van der Waals surface area (Å²) in [5, 5.41) is 2.75. The average molecular weight is 372 g/mol. The summed E-state index contributed by atoms with van der Waals surface area (Å²) < 4.78 is 37.6. The van der Waals surface area contributed by atoms with Crippen LogP contribution in [0.1, 0.15) is 29.8 Å². The fourth-order valence-electron chi connectivity index (χ4n) is 1.87. The molecule has 0 aliphatic carbocycles. The van der Waals surface area contributed by atoms with Crippen molar-refractivity contribution in [2.75, 3.05) is 11.1 Å². The number of halogens is 3. The fourth-order valence-corrected chi connectivity index (χ4v) is 2.61. The van der Waals surface area contributed by atoms with Gasteiger partial charge in [-0.25, -0.2) is 4.98 Å². The van der Waals surface area contributed by atoms with Crippen molar-refractivity contribution in [1.82, 2.24) is 9.97 Å². The lowest BCUT2D eigenvalue weighted by molar-refractivity contribution is -0.137. The molecule has 0 saturated heterocycles. The molecule has 0 radical (unpaired) electrons. The molecule has 4 N–H and O–H groups in total. The van der Waals surface area contributed by atoms with Crippen molar-refractivity contribution in [1.29, 1.82) is 0 Å². The summed E-state index contributed by atoms with van der Waals surface area (Å²) >= 11 is 1.29. The summed E-state index contributed by atoms with van der Waals surface area (Å²) in [6.07, 6.45) is -4.50. The van der Waals surface area contributed by atoms with Crippen LogP contribution in [0, 0.1) is 0 Å². The van der Waals surface area contributed by atoms with Crippen molar-refractivity contribution < 1.29 is 18.0 Å². The summed E-state index contributed by atoms with van der Waals surface area (Å²) in [5.74, 6) is -0.941. The first-order chi connectivity index (χ1) is 11.6. The number of amides is 1. The second kappa shape index (κ2) is 7.18. The van der Waals surface area contributed by atoms with Gasteiger partial charge in [-0.15, -0.1) is 0 Å². The third kappa shape index (κ3) is 4.75. The Balaban J connectivity index is 2.22. The van der Waals surface area contributed by atoms with E-state index in [-0.39, 0.29) is 22.3 Å². The number of rotatable bonds is 4. The highest BCUT2D eigenvalue weighted by Gasteiger charge is 2.30. The molecule has 0 spiro atoms. The van der Waals surface area contributed by atoms with Crippen LogP contribution in [0.5, 0.6) is 0 Å². The molecule has 6 nitrogen and oxygen atoms in total. The molecule has 0 saturated carbocycles. The first-order valence-electron chi connectivity index (χ1n) is 7.13. The second-order valence-electron chi connectivity index (χ2n) is 5.33. The van der Waals surface area contributed by atoms with E-state index in [0.29, 0.717) is 5.16 Å². The highest BCUT2D eigenvalue weighted by Crippen LogP contribution is 2.29. The number of hydrogen-bond donors (Lipinski definition) is 3. The standard InChI is InChI=1S/C15H15F3N4O2S/c1-7(2)25-14-21-11(19)10(13(24)22-14)20-12(23)8-3-5-9(6-4-8)15(16,17)18/h3-7H,1-2H3,(H,20,23)(H3,19,21,22,24). The predicted octanol–water partition coefficient (Wildman–Crippen LogP) is 3.12. The zero-order valence-corrected chi connectivity index (χ0v) is 14.1. The minimum atomic E-state index is -4.50. The molecule has 25 heavy (non-hydrogen) atoms. The van der Waals surface area contributed by atoms with Gasteiger partial charge in [0.1, 0.15) is 5.69 Å². The fraction of sp³-hybridized carbons (Fsp3) is 0.267. The largest absolute Gasteiger partial charge is 0.416 e. The van der Waals surface area contributed by atoms with Crippen molar-refractivity contribution in [3.05, 3.63) is 45.7 Å². The number of H-pyrrole nitrogens is 1. The lowest BCUT2D eigenvalue weighted by atomic mass is 10.1. The Labute approximate surface area is 145 Å². The molecule has 1 heterocycles. The second-order valence-corrected chi connectivity index (χ2v) is 6.89. The zero-order valence-electron chi connectivity index (χ0n) is 13.3. The average Bonchev–Trinajstić information content (AvgIpc) is 2.49. The van der Waals surface area contributed by atoms with E-state index >= 15 is 0 Å². The smallest absolute Gasteiger partial charge is 0.382 e. The summed E-state index contributed by atoms with van der Waals surface area (Å²) in [5.41, 5.74) is 3.88. The quantitative estimate of drug-likeness (QED) is 0.565. The van der Waals surface area contributed by atoms with E-state index in [1.54, 1.807) is 0 Å². The minimum absolute atomic E-state index is 0.0487. The number of benzene rings is 1. The maximum absolute atomic E-state index is 12.5. The molecule has 0 aliphatic heterocycles. The number of nitrogens with one attached hydrogen (secondary N) is 2. The van der Waals surface area contributed by atoms with Crippen LogP contribution in [0.4, 0.5) is 24.7 Å². The molecule has 134 valence electrons. The molecule has 0 atom stereocenters. The molecule has 10 heteroatoms. The number of anilines is 2. The molecule has 0 unspecified atom stereocenters. The van der Waals surface area contributed by atoms with Crippen LogP contribution in [-0.4, -0.2) is 21.1 Å². The van der Waals surface area contributed by atoms with Gasteiger partial charge in [0, 0.05) is 10.8 Å². The zero-order chi connectivity index (χ0) is 18.8. The molecule has 0 fully saturated rings. The Bertz CT molecular complexity index is 832. The number of thioether (sulfide) groups is 1. The van der Waals surface area contributed by atoms with Gasteiger partial charge >= 0.3 is 6.18 Å². The minimum Gasteiger partial charge on any atom is -0.382 e. The van der Waals surface area contributed by atoms with E-state index in [1.807, 2.05) is 13.8 Å². The lowest BCUT2D eigenvalue weighted by Gasteiger charge is -2.10. The van der Waals surface area contributed by atoms with Crippen LogP contribution in [0.15, 0.2) is 34.2 Å². The maximum atomic E-state index is 12.5. The molecule has 2 rings (SSSR count). The van der Waals surface area contributed by atoms with E-state index in [2.05, 4.69) is 15.3 Å². The highest BCUT2D eigenvalue weighted by molar-refractivity contribution is 7.99. The summed E-state index contributed by atoms with van der Waals surface area (Å²) in [7, 11) is 0. The molecule has 0 aliphatic rings. The number of carbonyl (C=O) groups is 1. The summed E-state index contributed by atoms with van der Waals surface area (Å²) in [4.78, 5) is 30.6. The Kier molecular flexibility index (Phi) is 5.41. The monoisotopic (exact) mass is 372 g/mol. The van der Waals surface area contributed by atoms with Crippen LogP contribution in [0.3, 0.4) is 0 Å². The third-order valence-electron chi connectivity index (χ3n) is 2.99. The van der Waals surface area contributed by atoms with Gasteiger partial charge in [0.2, 0.25) is 0 Å². The third-order valence-corrected chi connectivity index (χ3v) is 3.87. The summed E-state index contributed by atoms with van der Waals surface area (Å²) in [6, 6.07) is 3.59. The first-order valence-corrected chi connectivity index (χ1v) is 8.01. The maximum Gasteiger partial charge on any atom is 0.416 e. The first kappa shape index (κ1) is 18.8. The van der Waals surface area contributed by atoms with E-state index < -0.39 is 23.2 Å². The van der Waals surface area contributed by atoms with Crippen LogP contribution in [-0.2, 0) is 6.18 Å². The number of aromatic nitrogens is 2. The van der Waals surface area contributed by atoms with Gasteiger partial charge in [-0.1, -0.05) is 25.6 Å². The van der Waals surface area contributed by atoms with Crippen molar-refractivity contribution in [3.8, 4) is 0 Å². The Hall–Kier alpha value is -2.49. The van der Waals surface area contributed by atoms with E-state index in [9.17, 15) is 22.8 Å². The Morgan fingerprint density at radius 2 is 1.88 bits per heavy atom. The van der Waals surface area contributed by atoms with Crippen LogP contribution >= 0.6 is 11.8 Å². The van der Waals surface area contributed by atoms with Crippen molar-refractivity contribution >= 4 is 29.2 Å². The number of carbonyl (C=O) groups excluding carboxylic acids is 1. The number of hydrogen-bond acceptors (Lipinski definition) is 5. The normalized spacial score (nSPS) is 11.6. The molecular formula is C15H15F3N4O2S. The molecule has 0 bridgehead atoms. The Morgan fingerprint density at radius 3 is 2.36 bits per heavy atom. The SMILES string of the molecule is CC(C)Sc1nc(N)c(NC(=O)c2ccc(C(F)(F)F)cc2)c(=O)[nH]1. The van der Waals surface area contributed by atoms with E-state index in [1.165, 1.54) is 11.8 Å². The molecule has 1 aromatic heterocycles. The van der Waals surface area contributed by atoms with Crippen molar-refractivity contribution in [2.45, 2.75) is 30.4 Å².